The Bertz CT molecular complexity index is 899. The third kappa shape index (κ3) is 5.78. The maximum absolute atomic E-state index is 5.68. The Morgan fingerprint density at radius 3 is 2.50 bits per heavy atom. The van der Waals surface area contributed by atoms with Crippen LogP contribution in [-0.2, 0) is 16.7 Å². The Hall–Kier alpha value is -2.20. The van der Waals surface area contributed by atoms with Gasteiger partial charge in [-0.2, -0.15) is 0 Å². The fourth-order valence-electron chi connectivity index (χ4n) is 4.05. The standard InChI is InChI=1S/C24H31N3O4.HI/c1-3-25-23(26-15-18-4-7-20(28-2)8-5-18)27-16-24(10-12-29-13-11-24)19-6-9-21-22(14-19)31-17-30-21;/h4-9,14H,3,10-13,15-17H2,1-2H3,(H2,25,26,27);1H. The summed E-state index contributed by atoms with van der Waals surface area (Å²) in [5, 5.41) is 6.94. The van der Waals surface area contributed by atoms with Crippen LogP contribution in [0.2, 0.25) is 0 Å². The third-order valence-corrected chi connectivity index (χ3v) is 5.95. The number of benzene rings is 2. The van der Waals surface area contributed by atoms with Crippen molar-refractivity contribution >= 4 is 29.9 Å². The van der Waals surface area contributed by atoms with E-state index in [0.717, 1.165) is 67.9 Å². The zero-order valence-corrected chi connectivity index (χ0v) is 21.0. The molecule has 4 rings (SSSR count). The van der Waals surface area contributed by atoms with Gasteiger partial charge in [-0.25, -0.2) is 4.99 Å². The van der Waals surface area contributed by atoms with Crippen molar-refractivity contribution in [3.8, 4) is 17.2 Å². The van der Waals surface area contributed by atoms with Crippen molar-refractivity contribution in [2.45, 2.75) is 31.7 Å². The lowest BCUT2D eigenvalue weighted by atomic mass is 9.74. The molecule has 0 saturated carbocycles. The third-order valence-electron chi connectivity index (χ3n) is 5.95. The molecule has 0 amide bonds. The van der Waals surface area contributed by atoms with Crippen molar-refractivity contribution in [1.82, 2.24) is 10.6 Å². The van der Waals surface area contributed by atoms with Gasteiger partial charge in [0, 0.05) is 31.7 Å². The van der Waals surface area contributed by atoms with Crippen LogP contribution in [0.4, 0.5) is 0 Å². The highest BCUT2D eigenvalue weighted by Gasteiger charge is 2.35. The number of nitrogens with one attached hydrogen (secondary N) is 2. The number of ether oxygens (including phenoxy) is 4. The van der Waals surface area contributed by atoms with Gasteiger partial charge < -0.3 is 29.6 Å². The normalized spacial score (nSPS) is 16.8. The molecular formula is C24H32IN3O4. The number of guanidine groups is 1. The van der Waals surface area contributed by atoms with E-state index in [-0.39, 0.29) is 36.2 Å². The van der Waals surface area contributed by atoms with Gasteiger partial charge in [0.25, 0.3) is 0 Å². The first kappa shape index (κ1) is 24.4. The van der Waals surface area contributed by atoms with Crippen LogP contribution in [0.5, 0.6) is 17.2 Å². The van der Waals surface area contributed by atoms with Gasteiger partial charge in [0.15, 0.2) is 17.5 Å². The Balaban J connectivity index is 0.00000289. The highest BCUT2D eigenvalue weighted by molar-refractivity contribution is 14.0. The maximum Gasteiger partial charge on any atom is 0.231 e. The summed E-state index contributed by atoms with van der Waals surface area (Å²) in [5.41, 5.74) is 2.34. The van der Waals surface area contributed by atoms with Gasteiger partial charge in [0.2, 0.25) is 6.79 Å². The minimum absolute atomic E-state index is 0. The molecular weight excluding hydrogens is 521 g/mol. The second-order valence-corrected chi connectivity index (χ2v) is 7.86. The van der Waals surface area contributed by atoms with E-state index < -0.39 is 0 Å². The molecule has 0 spiro atoms. The van der Waals surface area contributed by atoms with Crippen LogP contribution in [0.25, 0.3) is 0 Å². The van der Waals surface area contributed by atoms with Gasteiger partial charge in [-0.05, 0) is 55.2 Å². The first-order valence-electron chi connectivity index (χ1n) is 10.9. The number of hydrogen-bond donors (Lipinski definition) is 2. The molecule has 0 aromatic heterocycles. The molecule has 8 heteroatoms. The van der Waals surface area contributed by atoms with Crippen molar-refractivity contribution in [2.24, 2.45) is 4.99 Å². The summed E-state index contributed by atoms with van der Waals surface area (Å²) in [6, 6.07) is 14.3. The minimum Gasteiger partial charge on any atom is -0.497 e. The molecule has 0 unspecified atom stereocenters. The first-order chi connectivity index (χ1) is 15.2. The van der Waals surface area contributed by atoms with E-state index in [1.165, 1.54) is 5.56 Å². The van der Waals surface area contributed by atoms with Crippen LogP contribution in [0.1, 0.15) is 30.9 Å². The molecule has 0 radical (unpaired) electrons. The molecule has 2 aliphatic heterocycles. The molecule has 1 fully saturated rings. The van der Waals surface area contributed by atoms with Crippen LogP contribution in [0.15, 0.2) is 47.5 Å². The molecule has 0 bridgehead atoms. The van der Waals surface area contributed by atoms with Crippen molar-refractivity contribution < 1.29 is 18.9 Å². The fourth-order valence-corrected chi connectivity index (χ4v) is 4.05. The molecule has 0 aliphatic carbocycles. The van der Waals surface area contributed by atoms with Crippen LogP contribution < -0.4 is 24.8 Å². The Morgan fingerprint density at radius 2 is 1.78 bits per heavy atom. The van der Waals surface area contributed by atoms with Crippen LogP contribution in [-0.4, -0.2) is 46.2 Å². The zero-order valence-electron chi connectivity index (χ0n) is 18.7. The van der Waals surface area contributed by atoms with Crippen LogP contribution in [0, 0.1) is 0 Å². The smallest absolute Gasteiger partial charge is 0.231 e. The van der Waals surface area contributed by atoms with E-state index in [1.54, 1.807) is 7.11 Å². The molecule has 32 heavy (non-hydrogen) atoms. The monoisotopic (exact) mass is 553 g/mol. The maximum atomic E-state index is 5.68. The number of aliphatic imine (C=N–C) groups is 1. The average molecular weight is 553 g/mol. The summed E-state index contributed by atoms with van der Waals surface area (Å²) in [6.07, 6.45) is 1.88. The van der Waals surface area contributed by atoms with Crippen molar-refractivity contribution in [2.75, 3.05) is 40.2 Å². The van der Waals surface area contributed by atoms with Gasteiger partial charge in [-0.15, -0.1) is 24.0 Å². The molecule has 2 aromatic rings. The van der Waals surface area contributed by atoms with Gasteiger partial charge in [-0.1, -0.05) is 18.2 Å². The van der Waals surface area contributed by atoms with E-state index in [0.29, 0.717) is 6.54 Å². The topological polar surface area (TPSA) is 73.3 Å². The zero-order chi connectivity index (χ0) is 21.5. The average Bonchev–Trinajstić information content (AvgIpc) is 3.30. The first-order valence-corrected chi connectivity index (χ1v) is 10.9. The van der Waals surface area contributed by atoms with E-state index in [4.69, 9.17) is 23.9 Å². The summed E-state index contributed by atoms with van der Waals surface area (Å²) in [7, 11) is 1.67. The number of nitrogens with zero attached hydrogens (tertiary/aromatic N) is 1. The van der Waals surface area contributed by atoms with Crippen LogP contribution in [0.3, 0.4) is 0 Å². The quantitative estimate of drug-likeness (QED) is 0.309. The lowest BCUT2D eigenvalue weighted by molar-refractivity contribution is 0.0513. The number of fused-ring (bicyclic) bond motifs is 1. The summed E-state index contributed by atoms with van der Waals surface area (Å²) in [5.74, 6) is 3.30. The van der Waals surface area contributed by atoms with E-state index in [2.05, 4.69) is 29.7 Å². The van der Waals surface area contributed by atoms with Gasteiger partial charge in [-0.3, -0.25) is 0 Å². The fraction of sp³-hybridized carbons (Fsp3) is 0.458. The summed E-state index contributed by atoms with van der Waals surface area (Å²) < 4.78 is 22.0. The van der Waals surface area contributed by atoms with Crippen molar-refractivity contribution in [1.29, 1.82) is 0 Å². The Morgan fingerprint density at radius 1 is 1.03 bits per heavy atom. The van der Waals surface area contributed by atoms with E-state index in [9.17, 15) is 0 Å². The molecule has 174 valence electrons. The van der Waals surface area contributed by atoms with Crippen molar-refractivity contribution in [3.63, 3.8) is 0 Å². The number of methoxy groups -OCH3 is 1. The summed E-state index contributed by atoms with van der Waals surface area (Å²) in [4.78, 5) is 4.78. The second kappa shape index (κ2) is 11.6. The lowest BCUT2D eigenvalue weighted by Crippen LogP contribution is -2.48. The number of rotatable bonds is 7. The number of halogens is 1. The SMILES string of the molecule is CCNC(=NCc1ccc(OC)cc1)NCC1(c2ccc3c(c2)OCO3)CCOCC1.I. The van der Waals surface area contributed by atoms with Crippen LogP contribution >= 0.6 is 24.0 Å². The second-order valence-electron chi connectivity index (χ2n) is 7.86. The molecule has 7 nitrogen and oxygen atoms in total. The van der Waals surface area contributed by atoms with E-state index >= 15 is 0 Å². The molecule has 2 N–H and O–H groups in total. The lowest BCUT2D eigenvalue weighted by Gasteiger charge is -2.38. The molecule has 2 aromatic carbocycles. The van der Waals surface area contributed by atoms with Crippen molar-refractivity contribution in [3.05, 3.63) is 53.6 Å². The predicted octanol–water partition coefficient (Wildman–Crippen LogP) is 3.85. The highest BCUT2D eigenvalue weighted by atomic mass is 127. The predicted molar refractivity (Wildman–Crippen MR) is 136 cm³/mol. The summed E-state index contributed by atoms with van der Waals surface area (Å²) >= 11 is 0. The molecule has 0 atom stereocenters. The van der Waals surface area contributed by atoms with Gasteiger partial charge >= 0.3 is 0 Å². The Labute approximate surface area is 206 Å². The molecule has 2 aliphatic rings. The largest absolute Gasteiger partial charge is 0.497 e. The Kier molecular flexibility index (Phi) is 8.86. The van der Waals surface area contributed by atoms with Gasteiger partial charge in [0.05, 0.1) is 13.7 Å². The molecule has 2 heterocycles. The molecule has 1 saturated heterocycles. The minimum atomic E-state index is -0.0461. The number of hydrogen-bond acceptors (Lipinski definition) is 5. The highest BCUT2D eigenvalue weighted by Crippen LogP contribution is 2.40. The van der Waals surface area contributed by atoms with Gasteiger partial charge in [0.1, 0.15) is 5.75 Å². The van der Waals surface area contributed by atoms with E-state index in [1.807, 2.05) is 30.3 Å². The summed E-state index contributed by atoms with van der Waals surface area (Å²) in [6.45, 7) is 6.02.